The summed E-state index contributed by atoms with van der Waals surface area (Å²) in [5, 5.41) is 3.08. The molecule has 0 atom stereocenters. The minimum Gasteiger partial charge on any atom is -0.491 e. The number of fused-ring (bicyclic) bond motifs is 1. The first-order valence-electron chi connectivity index (χ1n) is 13.9. The predicted molar refractivity (Wildman–Crippen MR) is 162 cm³/mol. The molecule has 0 radical (unpaired) electrons. The minimum atomic E-state index is 0.0348. The lowest BCUT2D eigenvalue weighted by molar-refractivity contribution is -0.120. The van der Waals surface area contributed by atoms with Crippen molar-refractivity contribution in [3.8, 4) is 16.9 Å². The second-order valence-corrected chi connectivity index (χ2v) is 9.81. The fraction of sp³-hybridized carbons (Fsp3) is 0.200. The molecule has 1 heterocycles. The highest BCUT2D eigenvalue weighted by atomic mass is 16.5. The van der Waals surface area contributed by atoms with E-state index in [0.29, 0.717) is 26.1 Å². The Hall–Kier alpha value is -4.64. The standard InChI is InChI=1S/C35H35N3O2/c1-2-11-30-14-6-9-17-33(30)40-25-24-38-32-16-8-7-15-31(32)37-34(38)18-10-23-36-35(39)26-27-19-21-29(22-20-27)28-12-4-3-5-13-28/h2-9,12-17,19-22H,1,10-11,18,23-26H2,(H,36,39). The highest BCUT2D eigenvalue weighted by Gasteiger charge is 2.12. The van der Waals surface area contributed by atoms with Gasteiger partial charge >= 0.3 is 0 Å². The van der Waals surface area contributed by atoms with Crippen LogP contribution in [0, 0.1) is 0 Å². The van der Waals surface area contributed by atoms with Crippen molar-refractivity contribution < 1.29 is 9.53 Å². The van der Waals surface area contributed by atoms with Crippen molar-refractivity contribution in [2.24, 2.45) is 0 Å². The number of aryl methyl sites for hydroxylation is 1. The van der Waals surface area contributed by atoms with Crippen LogP contribution in [0.25, 0.3) is 22.2 Å². The number of hydrogen-bond acceptors (Lipinski definition) is 3. The van der Waals surface area contributed by atoms with Gasteiger partial charge in [0.2, 0.25) is 5.91 Å². The van der Waals surface area contributed by atoms with E-state index >= 15 is 0 Å². The summed E-state index contributed by atoms with van der Waals surface area (Å²) in [6.45, 7) is 5.70. The maximum absolute atomic E-state index is 12.6. The van der Waals surface area contributed by atoms with E-state index in [1.165, 1.54) is 5.56 Å². The van der Waals surface area contributed by atoms with Gasteiger partial charge in [0.25, 0.3) is 0 Å². The first-order valence-corrected chi connectivity index (χ1v) is 13.9. The molecule has 0 spiro atoms. The molecule has 0 saturated heterocycles. The summed E-state index contributed by atoms with van der Waals surface area (Å²) in [6, 6.07) is 34.7. The zero-order valence-corrected chi connectivity index (χ0v) is 22.8. The first-order chi connectivity index (χ1) is 19.7. The first kappa shape index (κ1) is 26.9. The van der Waals surface area contributed by atoms with Crippen molar-refractivity contribution in [3.63, 3.8) is 0 Å². The van der Waals surface area contributed by atoms with Crippen molar-refractivity contribution in [1.29, 1.82) is 0 Å². The number of aromatic nitrogens is 2. The molecule has 40 heavy (non-hydrogen) atoms. The lowest BCUT2D eigenvalue weighted by Crippen LogP contribution is -2.26. The van der Waals surface area contributed by atoms with E-state index < -0.39 is 0 Å². The van der Waals surface area contributed by atoms with Gasteiger partial charge in [-0.3, -0.25) is 4.79 Å². The van der Waals surface area contributed by atoms with Crippen LogP contribution in [0.3, 0.4) is 0 Å². The zero-order chi connectivity index (χ0) is 27.6. The summed E-state index contributed by atoms with van der Waals surface area (Å²) in [5.74, 6) is 1.94. The van der Waals surface area contributed by atoms with E-state index in [4.69, 9.17) is 9.72 Å². The van der Waals surface area contributed by atoms with Gasteiger partial charge in [0, 0.05) is 13.0 Å². The number of ether oxygens (including phenoxy) is 1. The van der Waals surface area contributed by atoms with Crippen LogP contribution in [0.4, 0.5) is 0 Å². The summed E-state index contributed by atoms with van der Waals surface area (Å²) >= 11 is 0. The Labute approximate surface area is 236 Å². The number of benzene rings is 4. The Kier molecular flexibility index (Phi) is 9.05. The van der Waals surface area contributed by atoms with Gasteiger partial charge in [-0.1, -0.05) is 91.0 Å². The third-order valence-corrected chi connectivity index (χ3v) is 6.97. The maximum atomic E-state index is 12.6. The molecule has 0 aliphatic carbocycles. The van der Waals surface area contributed by atoms with E-state index in [1.54, 1.807) is 0 Å². The van der Waals surface area contributed by atoms with Gasteiger partial charge < -0.3 is 14.6 Å². The number of nitrogens with zero attached hydrogens (tertiary/aromatic N) is 2. The molecule has 0 aliphatic rings. The quantitative estimate of drug-likeness (QED) is 0.135. The summed E-state index contributed by atoms with van der Waals surface area (Å²) in [6.07, 6.45) is 4.63. The SMILES string of the molecule is C=CCc1ccccc1OCCn1c(CCCNC(=O)Cc2ccc(-c3ccccc3)cc2)nc2ccccc21. The molecule has 5 heteroatoms. The molecular formula is C35H35N3O2. The average Bonchev–Trinajstić information content (AvgIpc) is 3.34. The maximum Gasteiger partial charge on any atom is 0.224 e. The van der Waals surface area contributed by atoms with Crippen molar-refractivity contribution in [2.75, 3.05) is 13.2 Å². The van der Waals surface area contributed by atoms with Crippen molar-refractivity contribution in [3.05, 3.63) is 133 Å². The van der Waals surface area contributed by atoms with Crippen molar-refractivity contribution >= 4 is 16.9 Å². The molecular weight excluding hydrogens is 494 g/mol. The summed E-state index contributed by atoms with van der Waals surface area (Å²) in [5.41, 5.74) is 6.55. The number of carbonyl (C=O) groups excluding carboxylic acids is 1. The van der Waals surface area contributed by atoms with Crippen LogP contribution >= 0.6 is 0 Å². The normalized spacial score (nSPS) is 10.9. The van der Waals surface area contributed by atoms with Gasteiger partial charge in [0.1, 0.15) is 18.2 Å². The molecule has 4 aromatic carbocycles. The van der Waals surface area contributed by atoms with Gasteiger partial charge in [0.15, 0.2) is 0 Å². The van der Waals surface area contributed by atoms with Crippen molar-refractivity contribution in [2.45, 2.75) is 32.2 Å². The highest BCUT2D eigenvalue weighted by molar-refractivity contribution is 5.79. The number of imidazole rings is 1. The molecule has 202 valence electrons. The van der Waals surface area contributed by atoms with Crippen LogP contribution in [0.1, 0.15) is 23.4 Å². The molecule has 5 rings (SSSR count). The molecule has 0 aliphatic heterocycles. The second-order valence-electron chi connectivity index (χ2n) is 9.81. The van der Waals surface area contributed by atoms with Crippen LogP contribution in [-0.4, -0.2) is 28.6 Å². The molecule has 5 nitrogen and oxygen atoms in total. The number of amides is 1. The molecule has 1 aromatic heterocycles. The number of nitrogens with one attached hydrogen (secondary N) is 1. The minimum absolute atomic E-state index is 0.0348. The summed E-state index contributed by atoms with van der Waals surface area (Å²) in [7, 11) is 0. The topological polar surface area (TPSA) is 56.1 Å². The molecule has 0 unspecified atom stereocenters. The van der Waals surface area contributed by atoms with E-state index in [2.05, 4.69) is 52.9 Å². The molecule has 1 amide bonds. The smallest absolute Gasteiger partial charge is 0.224 e. The van der Waals surface area contributed by atoms with Crippen LogP contribution in [0.5, 0.6) is 5.75 Å². The van der Waals surface area contributed by atoms with Crippen molar-refractivity contribution in [1.82, 2.24) is 14.9 Å². The van der Waals surface area contributed by atoms with Crippen LogP contribution < -0.4 is 10.1 Å². The third-order valence-electron chi connectivity index (χ3n) is 6.97. The summed E-state index contributed by atoms with van der Waals surface area (Å²) < 4.78 is 8.40. The molecule has 1 N–H and O–H groups in total. The van der Waals surface area contributed by atoms with E-state index in [9.17, 15) is 4.79 Å². The number of para-hydroxylation sites is 3. The zero-order valence-electron chi connectivity index (χ0n) is 22.8. The fourth-order valence-electron chi connectivity index (χ4n) is 4.95. The Morgan fingerprint density at radius 1 is 0.875 bits per heavy atom. The monoisotopic (exact) mass is 529 g/mol. The van der Waals surface area contributed by atoms with Gasteiger partial charge in [-0.2, -0.15) is 0 Å². The molecule has 0 saturated carbocycles. The van der Waals surface area contributed by atoms with Crippen LogP contribution in [0.2, 0.25) is 0 Å². The van der Waals surface area contributed by atoms with Crippen LogP contribution in [-0.2, 0) is 30.6 Å². The van der Waals surface area contributed by atoms with E-state index in [0.717, 1.165) is 58.6 Å². The lowest BCUT2D eigenvalue weighted by atomic mass is 10.0. The van der Waals surface area contributed by atoms with E-state index in [1.807, 2.05) is 72.8 Å². The largest absolute Gasteiger partial charge is 0.491 e. The van der Waals surface area contributed by atoms with E-state index in [-0.39, 0.29) is 5.91 Å². The number of rotatable bonds is 13. The molecule has 0 bridgehead atoms. The predicted octanol–water partition coefficient (Wildman–Crippen LogP) is 6.80. The number of allylic oxidation sites excluding steroid dienone is 1. The van der Waals surface area contributed by atoms with Crippen LogP contribution in [0.15, 0.2) is 116 Å². The summed E-state index contributed by atoms with van der Waals surface area (Å²) in [4.78, 5) is 17.5. The van der Waals surface area contributed by atoms with Gasteiger partial charge in [-0.15, -0.1) is 6.58 Å². The number of carbonyl (C=O) groups is 1. The number of hydrogen-bond donors (Lipinski definition) is 1. The Balaban J connectivity index is 1.13. The lowest BCUT2D eigenvalue weighted by Gasteiger charge is -2.13. The molecule has 0 fully saturated rings. The van der Waals surface area contributed by atoms with Gasteiger partial charge in [0.05, 0.1) is 24.0 Å². The second kappa shape index (κ2) is 13.4. The van der Waals surface area contributed by atoms with Gasteiger partial charge in [-0.25, -0.2) is 4.98 Å². The third kappa shape index (κ3) is 6.86. The average molecular weight is 530 g/mol. The fourth-order valence-corrected chi connectivity index (χ4v) is 4.95. The Morgan fingerprint density at radius 3 is 2.42 bits per heavy atom. The highest BCUT2D eigenvalue weighted by Crippen LogP contribution is 2.21. The molecule has 5 aromatic rings. The Morgan fingerprint density at radius 2 is 1.60 bits per heavy atom. The Bertz CT molecular complexity index is 1560. The van der Waals surface area contributed by atoms with Gasteiger partial charge in [-0.05, 0) is 53.3 Å².